The highest BCUT2D eigenvalue weighted by molar-refractivity contribution is 6.33. The minimum absolute atomic E-state index is 0.0265. The fraction of sp³-hybridized carbons (Fsp3) is 0.379. The number of hydrogen-bond donors (Lipinski definition) is 5. The van der Waals surface area contributed by atoms with Crippen LogP contribution < -0.4 is 31.9 Å². The standard InChI is InChI=1S/C29H36ClN9O2/c1-32-27(40)23-4-2-3-5-25(23)36-26-24(30)18-33-28(37-26)34-20-10-12-22(13-11-20)38-14-16-39(17-15-38)29(41)35-21-8-6-19(31)7-9-21/h2-5,10-13,18-19,21H,6-9,14-17,31H2,1H3,(H,32,40)(H,35,41)(H2,33,34,36,37). The lowest BCUT2D eigenvalue weighted by Crippen LogP contribution is -2.54. The van der Waals surface area contributed by atoms with Crippen LogP contribution >= 0.6 is 11.6 Å². The number of piperazine rings is 1. The molecule has 0 radical (unpaired) electrons. The maximum atomic E-state index is 12.7. The van der Waals surface area contributed by atoms with Crippen LogP contribution in [-0.2, 0) is 0 Å². The number of carbonyl (C=O) groups excluding carboxylic acids is 2. The van der Waals surface area contributed by atoms with E-state index in [-0.39, 0.29) is 24.0 Å². The summed E-state index contributed by atoms with van der Waals surface area (Å²) in [4.78, 5) is 38.0. The van der Waals surface area contributed by atoms with Crippen molar-refractivity contribution in [3.63, 3.8) is 0 Å². The lowest BCUT2D eigenvalue weighted by Gasteiger charge is -2.37. The van der Waals surface area contributed by atoms with Crippen molar-refractivity contribution in [1.29, 1.82) is 0 Å². The summed E-state index contributed by atoms with van der Waals surface area (Å²) < 4.78 is 0. The van der Waals surface area contributed by atoms with Crippen LogP contribution in [0.4, 0.5) is 33.6 Å². The molecule has 1 aromatic heterocycles. The van der Waals surface area contributed by atoms with Gasteiger partial charge in [0, 0.05) is 56.7 Å². The third-order valence-corrected chi connectivity index (χ3v) is 7.83. The molecule has 0 unspecified atom stereocenters. The smallest absolute Gasteiger partial charge is 0.317 e. The summed E-state index contributed by atoms with van der Waals surface area (Å²) in [5.41, 5.74) is 8.95. The molecule has 216 valence electrons. The van der Waals surface area contributed by atoms with E-state index in [1.807, 2.05) is 35.2 Å². The summed E-state index contributed by atoms with van der Waals surface area (Å²) in [5.74, 6) is 0.527. The number of nitrogens with zero attached hydrogens (tertiary/aromatic N) is 4. The Balaban J connectivity index is 1.16. The first-order chi connectivity index (χ1) is 19.9. The lowest BCUT2D eigenvalue weighted by molar-refractivity contribution is 0.0964. The number of aromatic nitrogens is 2. The molecule has 11 nitrogen and oxygen atoms in total. The molecule has 2 heterocycles. The van der Waals surface area contributed by atoms with Crippen LogP contribution in [0.25, 0.3) is 0 Å². The van der Waals surface area contributed by atoms with Gasteiger partial charge in [0.1, 0.15) is 5.02 Å². The third kappa shape index (κ3) is 7.17. The van der Waals surface area contributed by atoms with Crippen LogP contribution in [0.2, 0.25) is 5.02 Å². The molecule has 2 aromatic carbocycles. The van der Waals surface area contributed by atoms with E-state index in [9.17, 15) is 9.59 Å². The van der Waals surface area contributed by atoms with Gasteiger partial charge in [-0.05, 0) is 62.1 Å². The number of carbonyl (C=O) groups is 2. The SMILES string of the molecule is CNC(=O)c1ccccc1Nc1nc(Nc2ccc(N3CCN(C(=O)NC4CCC(N)CC4)CC3)cc2)ncc1Cl. The molecule has 0 spiro atoms. The van der Waals surface area contributed by atoms with Gasteiger partial charge in [-0.15, -0.1) is 0 Å². The summed E-state index contributed by atoms with van der Waals surface area (Å²) in [6.45, 7) is 2.89. The fourth-order valence-corrected chi connectivity index (χ4v) is 5.29. The van der Waals surface area contributed by atoms with Crippen LogP contribution in [0.3, 0.4) is 0 Å². The van der Waals surface area contributed by atoms with E-state index >= 15 is 0 Å². The van der Waals surface area contributed by atoms with E-state index in [1.165, 1.54) is 6.20 Å². The predicted octanol–water partition coefficient (Wildman–Crippen LogP) is 4.08. The molecule has 2 aliphatic rings. The van der Waals surface area contributed by atoms with Crippen LogP contribution in [-0.4, -0.2) is 72.1 Å². The number of anilines is 5. The number of para-hydroxylation sites is 1. The second-order valence-corrected chi connectivity index (χ2v) is 10.8. The molecule has 2 fully saturated rings. The van der Waals surface area contributed by atoms with E-state index in [4.69, 9.17) is 17.3 Å². The molecule has 1 aliphatic carbocycles. The van der Waals surface area contributed by atoms with Gasteiger partial charge in [0.2, 0.25) is 5.95 Å². The van der Waals surface area contributed by atoms with Gasteiger partial charge in [0.15, 0.2) is 5.82 Å². The van der Waals surface area contributed by atoms with Crippen molar-refractivity contribution in [3.05, 3.63) is 65.3 Å². The topological polar surface area (TPSA) is 141 Å². The molecule has 6 N–H and O–H groups in total. The highest BCUT2D eigenvalue weighted by Crippen LogP contribution is 2.27. The first kappa shape index (κ1) is 28.4. The average molecular weight is 578 g/mol. The van der Waals surface area contributed by atoms with Gasteiger partial charge in [-0.2, -0.15) is 4.98 Å². The Morgan fingerprint density at radius 3 is 2.37 bits per heavy atom. The molecule has 1 aliphatic heterocycles. The zero-order valence-corrected chi connectivity index (χ0v) is 23.8. The largest absolute Gasteiger partial charge is 0.368 e. The van der Waals surface area contributed by atoms with Crippen LogP contribution in [0, 0.1) is 0 Å². The summed E-state index contributed by atoms with van der Waals surface area (Å²) in [7, 11) is 1.58. The van der Waals surface area contributed by atoms with Crippen molar-refractivity contribution >= 4 is 52.4 Å². The zero-order chi connectivity index (χ0) is 28.8. The van der Waals surface area contributed by atoms with E-state index in [2.05, 4.69) is 36.1 Å². The summed E-state index contributed by atoms with van der Waals surface area (Å²) in [6.07, 6.45) is 5.36. The number of benzene rings is 2. The Morgan fingerprint density at radius 1 is 0.951 bits per heavy atom. The third-order valence-electron chi connectivity index (χ3n) is 7.55. The van der Waals surface area contributed by atoms with Crippen molar-refractivity contribution in [3.8, 4) is 0 Å². The number of rotatable bonds is 7. The van der Waals surface area contributed by atoms with Crippen molar-refractivity contribution < 1.29 is 9.59 Å². The molecule has 0 atom stereocenters. The summed E-state index contributed by atoms with van der Waals surface area (Å²) in [6, 6.07) is 15.7. The molecule has 41 heavy (non-hydrogen) atoms. The van der Waals surface area contributed by atoms with Gasteiger partial charge in [-0.1, -0.05) is 23.7 Å². The highest BCUT2D eigenvalue weighted by atomic mass is 35.5. The van der Waals surface area contributed by atoms with Crippen molar-refractivity contribution in [2.24, 2.45) is 5.73 Å². The van der Waals surface area contributed by atoms with E-state index in [0.29, 0.717) is 41.1 Å². The molecule has 0 bridgehead atoms. The number of nitrogens with one attached hydrogen (secondary N) is 4. The van der Waals surface area contributed by atoms with Gasteiger partial charge >= 0.3 is 6.03 Å². The Kier molecular flexibility index (Phi) is 9.05. The predicted molar refractivity (Wildman–Crippen MR) is 162 cm³/mol. The first-order valence-corrected chi connectivity index (χ1v) is 14.3. The van der Waals surface area contributed by atoms with Gasteiger partial charge in [0.25, 0.3) is 5.91 Å². The maximum Gasteiger partial charge on any atom is 0.317 e. The van der Waals surface area contributed by atoms with Gasteiger partial charge < -0.3 is 36.8 Å². The zero-order valence-electron chi connectivity index (χ0n) is 23.1. The van der Waals surface area contributed by atoms with Crippen LogP contribution in [0.1, 0.15) is 36.0 Å². The minimum atomic E-state index is -0.216. The number of urea groups is 1. The average Bonchev–Trinajstić information content (AvgIpc) is 3.00. The Morgan fingerprint density at radius 2 is 1.66 bits per heavy atom. The molecule has 3 amide bonds. The number of hydrogen-bond acceptors (Lipinski definition) is 8. The molecule has 5 rings (SSSR count). The summed E-state index contributed by atoms with van der Waals surface area (Å²) >= 11 is 6.35. The van der Waals surface area contributed by atoms with Gasteiger partial charge in [-0.25, -0.2) is 9.78 Å². The molecule has 1 saturated carbocycles. The lowest BCUT2D eigenvalue weighted by atomic mass is 9.92. The molecule has 1 saturated heterocycles. The van der Waals surface area contributed by atoms with E-state index in [0.717, 1.165) is 50.1 Å². The summed E-state index contributed by atoms with van der Waals surface area (Å²) in [5, 5.41) is 12.5. The van der Waals surface area contributed by atoms with E-state index < -0.39 is 0 Å². The number of halogens is 1. The Labute approximate surface area is 244 Å². The van der Waals surface area contributed by atoms with Crippen molar-refractivity contribution in [2.75, 3.05) is 48.8 Å². The van der Waals surface area contributed by atoms with Gasteiger partial charge in [-0.3, -0.25) is 4.79 Å². The van der Waals surface area contributed by atoms with Gasteiger partial charge in [0.05, 0.1) is 17.4 Å². The van der Waals surface area contributed by atoms with E-state index in [1.54, 1.807) is 25.2 Å². The molecular formula is C29H36ClN9O2. The number of amides is 3. The Hall–Kier alpha value is -4.09. The molecule has 12 heteroatoms. The monoisotopic (exact) mass is 577 g/mol. The Bertz CT molecular complexity index is 1350. The maximum absolute atomic E-state index is 12.7. The van der Waals surface area contributed by atoms with Crippen LogP contribution in [0.5, 0.6) is 0 Å². The second-order valence-electron chi connectivity index (χ2n) is 10.3. The van der Waals surface area contributed by atoms with Crippen LogP contribution in [0.15, 0.2) is 54.7 Å². The second kappa shape index (κ2) is 13.0. The normalized spacial score (nSPS) is 18.9. The fourth-order valence-electron chi connectivity index (χ4n) is 5.15. The quantitative estimate of drug-likeness (QED) is 0.283. The first-order valence-electron chi connectivity index (χ1n) is 13.9. The number of nitrogens with two attached hydrogens (primary N) is 1. The highest BCUT2D eigenvalue weighted by Gasteiger charge is 2.25. The van der Waals surface area contributed by atoms with Crippen molar-refractivity contribution in [1.82, 2.24) is 25.5 Å². The minimum Gasteiger partial charge on any atom is -0.368 e. The van der Waals surface area contributed by atoms with Crippen molar-refractivity contribution in [2.45, 2.75) is 37.8 Å². The molecular weight excluding hydrogens is 542 g/mol. The molecule has 3 aromatic rings.